The number of carbonyl (C=O) groups excluding carboxylic acids is 3. The number of amides is 1. The third kappa shape index (κ3) is 12.8. The maximum absolute atomic E-state index is 12.8. The van der Waals surface area contributed by atoms with E-state index in [0.717, 1.165) is 73.6 Å². The molecule has 0 spiro atoms. The molecule has 0 aliphatic heterocycles. The lowest BCUT2D eigenvalue weighted by Crippen LogP contribution is -2.43. The molecule has 1 amide bonds. The number of sulfone groups is 2. The number of alkyl halides is 7. The molecule has 0 radical (unpaired) electrons. The lowest BCUT2D eigenvalue weighted by molar-refractivity contribution is -0.138. The zero-order valence-electron chi connectivity index (χ0n) is 36.9. The zero-order valence-corrected chi connectivity index (χ0v) is 39.3. The molecule has 2 aliphatic carbocycles. The molecule has 2 fully saturated rings. The van der Waals surface area contributed by atoms with Gasteiger partial charge in [0.1, 0.15) is 5.88 Å². The van der Waals surface area contributed by atoms with Gasteiger partial charge in [-0.1, -0.05) is 35.4 Å². The molecule has 5 aromatic rings. The fourth-order valence-corrected chi connectivity index (χ4v) is 9.05. The van der Waals surface area contributed by atoms with Gasteiger partial charge in [0.25, 0.3) is 0 Å². The van der Waals surface area contributed by atoms with Crippen LogP contribution in [0.1, 0.15) is 117 Å². The molecule has 3 aromatic carbocycles. The summed E-state index contributed by atoms with van der Waals surface area (Å²) in [5, 5.41) is 7.11. The van der Waals surface area contributed by atoms with Crippen molar-refractivity contribution < 1.29 is 71.3 Å². The van der Waals surface area contributed by atoms with Gasteiger partial charge in [-0.3, -0.25) is 14.4 Å². The van der Waals surface area contributed by atoms with Gasteiger partial charge in [-0.05, 0) is 93.5 Å². The van der Waals surface area contributed by atoms with Crippen molar-refractivity contribution in [2.45, 2.75) is 92.9 Å². The van der Waals surface area contributed by atoms with Gasteiger partial charge in [0.15, 0.2) is 42.8 Å². The number of hydrogen-bond acceptors (Lipinski definition) is 12. The second-order valence-corrected chi connectivity index (χ2v) is 20.2. The summed E-state index contributed by atoms with van der Waals surface area (Å²) in [5.41, 5.74) is 0.470. The van der Waals surface area contributed by atoms with E-state index >= 15 is 0 Å². The Bertz CT molecular complexity index is 2700. The minimum atomic E-state index is -4.71. The Morgan fingerprint density at radius 3 is 1.54 bits per heavy atom. The third-order valence-electron chi connectivity index (χ3n) is 10.7. The second-order valence-electron chi connectivity index (χ2n) is 16.0. The minimum absolute atomic E-state index is 0.0223. The Morgan fingerprint density at radius 2 is 1.19 bits per heavy atom. The van der Waals surface area contributed by atoms with Crippen molar-refractivity contribution in [2.75, 3.05) is 37.0 Å². The Labute approximate surface area is 387 Å². The van der Waals surface area contributed by atoms with E-state index in [2.05, 4.69) is 23.3 Å². The van der Waals surface area contributed by atoms with E-state index < -0.39 is 64.5 Å². The highest BCUT2D eigenvalue weighted by atomic mass is 35.5. The van der Waals surface area contributed by atoms with Gasteiger partial charge >= 0.3 is 12.4 Å². The molecule has 2 aliphatic rings. The lowest BCUT2D eigenvalue weighted by atomic mass is 10.0. The number of benzene rings is 3. The largest absolute Gasteiger partial charge is 0.416 e. The molecule has 1 unspecified atom stereocenters. The van der Waals surface area contributed by atoms with Crippen molar-refractivity contribution >= 4 is 54.4 Å². The maximum atomic E-state index is 12.8. The number of ketones is 2. The summed E-state index contributed by atoms with van der Waals surface area (Å²) < 4.78 is 140. The van der Waals surface area contributed by atoms with Crippen LogP contribution in [0.4, 0.5) is 32.0 Å². The lowest BCUT2D eigenvalue weighted by Gasteiger charge is -2.31. The molecule has 0 N–H and O–H groups in total. The first kappa shape index (κ1) is 52.6. The number of halogens is 7. The van der Waals surface area contributed by atoms with E-state index in [1.807, 2.05) is 26.0 Å². The summed E-state index contributed by atoms with van der Waals surface area (Å²) >= 11 is 5.76. The Morgan fingerprint density at radius 1 is 0.761 bits per heavy atom. The molecular weight excluding hydrogens is 956 g/mol. The van der Waals surface area contributed by atoms with Crippen molar-refractivity contribution in [3.63, 3.8) is 0 Å². The zero-order chi connectivity index (χ0) is 49.8. The number of hydrogen-bond donors (Lipinski definition) is 0. The van der Waals surface area contributed by atoms with E-state index in [0.29, 0.717) is 42.4 Å². The molecular formula is C45H46ClF6N3O10S2. The summed E-state index contributed by atoms with van der Waals surface area (Å²) in [6, 6.07) is 10.1. The van der Waals surface area contributed by atoms with Crippen LogP contribution in [0.15, 0.2) is 85.8 Å². The van der Waals surface area contributed by atoms with Crippen LogP contribution in [0.5, 0.6) is 0 Å². The van der Waals surface area contributed by atoms with Gasteiger partial charge in [0.05, 0.1) is 62.8 Å². The summed E-state index contributed by atoms with van der Waals surface area (Å²) in [4.78, 5) is 37.9. The van der Waals surface area contributed by atoms with Gasteiger partial charge in [-0.15, -0.1) is 11.6 Å². The summed E-state index contributed by atoms with van der Waals surface area (Å²) in [6.45, 7) is 6.56. The van der Waals surface area contributed by atoms with Gasteiger partial charge in [0.2, 0.25) is 5.91 Å². The van der Waals surface area contributed by atoms with Crippen molar-refractivity contribution in [2.24, 2.45) is 0 Å². The second kappa shape index (κ2) is 20.9. The SMILES string of the molecule is CCc1cccc(C)c1N(C(=O)CCl)C(C)COC.CS(=O)(=O)c1cc(C(F)(F)F)ccc1C(=O)c1cnoc1C1CC1.CS(=O)(=O)c1cc(C(F)(F)F)ccc1C(=O)c1cnoc1C1CC1. The molecule has 1 atom stereocenters. The van der Waals surface area contributed by atoms with Crippen LogP contribution in [0.2, 0.25) is 0 Å². The van der Waals surface area contributed by atoms with Crippen LogP contribution >= 0.6 is 11.6 Å². The Balaban J connectivity index is 0.000000190. The number of methoxy groups -OCH3 is 1. The number of anilines is 1. The minimum Gasteiger partial charge on any atom is -0.383 e. The summed E-state index contributed by atoms with van der Waals surface area (Å²) in [7, 11) is -6.45. The molecule has 2 heterocycles. The van der Waals surface area contributed by atoms with Gasteiger partial charge in [0, 0.05) is 42.6 Å². The monoisotopic (exact) mass is 1000 g/mol. The van der Waals surface area contributed by atoms with E-state index in [1.54, 1.807) is 12.0 Å². The van der Waals surface area contributed by atoms with Crippen LogP contribution in [0.25, 0.3) is 0 Å². The predicted octanol–water partition coefficient (Wildman–Crippen LogP) is 9.57. The summed E-state index contributed by atoms with van der Waals surface area (Å²) in [5.74, 6) is -0.760. The highest BCUT2D eigenvalue weighted by Crippen LogP contribution is 2.44. The first-order valence-corrected chi connectivity index (χ1v) is 24.8. The van der Waals surface area contributed by atoms with Gasteiger partial charge in [-0.2, -0.15) is 26.3 Å². The molecule has 0 bridgehead atoms. The van der Waals surface area contributed by atoms with Crippen molar-refractivity contribution in [1.29, 1.82) is 0 Å². The molecule has 2 saturated carbocycles. The highest BCUT2D eigenvalue weighted by molar-refractivity contribution is 7.91. The number of nitrogens with zero attached hydrogens (tertiary/aromatic N) is 3. The van der Waals surface area contributed by atoms with Crippen LogP contribution < -0.4 is 4.90 Å². The number of ether oxygens (including phenoxy) is 1. The highest BCUT2D eigenvalue weighted by Gasteiger charge is 2.38. The fourth-order valence-electron chi connectivity index (χ4n) is 7.12. The number of aromatic nitrogens is 2. The standard InChI is InChI=1S/C15H22ClNO2.2C15H12F3NO4S/c1-5-13-8-6-7-11(2)15(13)17(14(18)9-16)12(3)10-19-4;2*1-24(21,22)12-6-9(15(16,17)18)4-5-10(12)13(20)11-7-19-23-14(11)8-2-3-8/h6-8,12H,5,9-10H2,1-4H3;2*4-8H,2-3H2,1H3. The van der Waals surface area contributed by atoms with Gasteiger partial charge in [-0.25, -0.2) is 16.8 Å². The average molecular weight is 1000 g/mol. The summed E-state index contributed by atoms with van der Waals surface area (Å²) in [6.07, 6.45) is -1.41. The first-order chi connectivity index (χ1) is 31.2. The quantitative estimate of drug-likeness (QED) is 0.0584. The van der Waals surface area contributed by atoms with Crippen molar-refractivity contribution in [3.05, 3.63) is 123 Å². The average Bonchev–Trinajstić information content (AvgIpc) is 4.19. The van der Waals surface area contributed by atoms with Crippen molar-refractivity contribution in [1.82, 2.24) is 10.3 Å². The van der Waals surface area contributed by atoms with E-state index in [4.69, 9.17) is 25.4 Å². The Kier molecular flexibility index (Phi) is 16.4. The van der Waals surface area contributed by atoms with E-state index in [9.17, 15) is 57.6 Å². The van der Waals surface area contributed by atoms with Crippen LogP contribution in [0.3, 0.4) is 0 Å². The number of para-hydroxylation sites is 1. The normalized spacial score (nSPS) is 14.6. The van der Waals surface area contributed by atoms with Crippen LogP contribution in [-0.2, 0) is 48.0 Å². The molecule has 2 aromatic heterocycles. The smallest absolute Gasteiger partial charge is 0.383 e. The number of carbonyl (C=O) groups is 3. The predicted molar refractivity (Wildman–Crippen MR) is 233 cm³/mol. The van der Waals surface area contributed by atoms with Crippen LogP contribution in [0, 0.1) is 6.92 Å². The maximum Gasteiger partial charge on any atom is 0.416 e. The fraction of sp³-hybridized carbons (Fsp3) is 0.400. The third-order valence-corrected chi connectivity index (χ3v) is 13.2. The molecule has 13 nitrogen and oxygen atoms in total. The topological polar surface area (TPSA) is 184 Å². The van der Waals surface area contributed by atoms with Gasteiger partial charge < -0.3 is 18.7 Å². The van der Waals surface area contributed by atoms with E-state index in [1.165, 1.54) is 12.4 Å². The molecule has 22 heteroatoms. The molecule has 362 valence electrons. The number of aryl methyl sites for hydroxylation is 2. The van der Waals surface area contributed by atoms with E-state index in [-0.39, 0.29) is 51.9 Å². The number of rotatable bonds is 14. The Hall–Kier alpha value is -5.38. The first-order valence-electron chi connectivity index (χ1n) is 20.5. The van der Waals surface area contributed by atoms with Crippen molar-refractivity contribution in [3.8, 4) is 0 Å². The molecule has 0 saturated heterocycles. The molecule has 67 heavy (non-hydrogen) atoms. The molecule has 7 rings (SSSR count). The van der Waals surface area contributed by atoms with Crippen LogP contribution in [-0.4, -0.2) is 82.8 Å².